The molecule has 0 saturated heterocycles. The first-order valence-electron chi connectivity index (χ1n) is 8.34. The van der Waals surface area contributed by atoms with E-state index in [1.165, 1.54) is 31.3 Å². The highest BCUT2D eigenvalue weighted by Crippen LogP contribution is 2.38. The zero-order valence-electron chi connectivity index (χ0n) is 16.2. The van der Waals surface area contributed by atoms with Crippen LogP contribution in [0.1, 0.15) is 5.56 Å². The van der Waals surface area contributed by atoms with Gasteiger partial charge in [0.15, 0.2) is 0 Å². The van der Waals surface area contributed by atoms with Gasteiger partial charge in [0.1, 0.15) is 18.0 Å². The van der Waals surface area contributed by atoms with Crippen molar-refractivity contribution in [3.63, 3.8) is 0 Å². The van der Waals surface area contributed by atoms with E-state index in [1.807, 2.05) is 30.3 Å². The van der Waals surface area contributed by atoms with Crippen LogP contribution in [0, 0.1) is 0 Å². The normalized spacial score (nSPS) is 11.0. The molecule has 28 heavy (non-hydrogen) atoms. The Kier molecular flexibility index (Phi) is 7.15. The summed E-state index contributed by atoms with van der Waals surface area (Å²) in [5.74, 6) is 0.121. The SMILES string of the molecule is COc1cc(N(CC(=O)N(C)Cc2ccccc2)S(C)(=O)=O)c(OC)cc1Cl. The lowest BCUT2D eigenvalue weighted by Gasteiger charge is -2.27. The first kappa shape index (κ1) is 21.8. The third-order valence-corrected chi connectivity index (χ3v) is 5.51. The summed E-state index contributed by atoms with van der Waals surface area (Å²) in [5, 5.41) is 0.268. The summed E-state index contributed by atoms with van der Waals surface area (Å²) in [6, 6.07) is 12.3. The van der Waals surface area contributed by atoms with Crippen molar-refractivity contribution in [2.24, 2.45) is 0 Å². The molecule has 0 fully saturated rings. The molecule has 0 atom stereocenters. The predicted molar refractivity (Wildman–Crippen MR) is 110 cm³/mol. The summed E-state index contributed by atoms with van der Waals surface area (Å²) >= 11 is 6.10. The summed E-state index contributed by atoms with van der Waals surface area (Å²) in [4.78, 5) is 14.2. The number of sulfonamides is 1. The minimum atomic E-state index is -3.78. The lowest BCUT2D eigenvalue weighted by Crippen LogP contribution is -2.41. The lowest BCUT2D eigenvalue weighted by molar-refractivity contribution is -0.128. The highest BCUT2D eigenvalue weighted by Gasteiger charge is 2.27. The van der Waals surface area contributed by atoms with Crippen molar-refractivity contribution < 1.29 is 22.7 Å². The maximum absolute atomic E-state index is 12.7. The molecule has 1 amide bonds. The second-order valence-electron chi connectivity index (χ2n) is 6.16. The van der Waals surface area contributed by atoms with Gasteiger partial charge in [0.05, 0.1) is 31.2 Å². The van der Waals surface area contributed by atoms with Gasteiger partial charge in [-0.15, -0.1) is 0 Å². The van der Waals surface area contributed by atoms with Crippen molar-refractivity contribution in [1.82, 2.24) is 4.90 Å². The number of carbonyl (C=O) groups excluding carboxylic acids is 1. The Hall–Kier alpha value is -2.45. The summed E-state index contributed by atoms with van der Waals surface area (Å²) in [7, 11) is 0.650. The van der Waals surface area contributed by atoms with Crippen LogP contribution in [0.25, 0.3) is 0 Å². The van der Waals surface area contributed by atoms with Gasteiger partial charge in [-0.2, -0.15) is 0 Å². The van der Waals surface area contributed by atoms with E-state index in [0.29, 0.717) is 6.54 Å². The van der Waals surface area contributed by atoms with Gasteiger partial charge in [-0.25, -0.2) is 8.42 Å². The minimum Gasteiger partial charge on any atom is -0.495 e. The van der Waals surface area contributed by atoms with E-state index in [9.17, 15) is 13.2 Å². The van der Waals surface area contributed by atoms with Crippen LogP contribution in [0.4, 0.5) is 5.69 Å². The van der Waals surface area contributed by atoms with E-state index in [2.05, 4.69) is 0 Å². The molecule has 0 aliphatic rings. The minimum absolute atomic E-state index is 0.174. The molecule has 7 nitrogen and oxygen atoms in total. The summed E-state index contributed by atoms with van der Waals surface area (Å²) in [6.45, 7) is -0.0261. The van der Waals surface area contributed by atoms with Crippen LogP contribution in [0.15, 0.2) is 42.5 Å². The second-order valence-corrected chi connectivity index (χ2v) is 8.48. The van der Waals surface area contributed by atoms with Crippen LogP contribution < -0.4 is 13.8 Å². The molecule has 0 bridgehead atoms. The maximum atomic E-state index is 12.7. The Morgan fingerprint density at radius 1 is 1.07 bits per heavy atom. The molecule has 0 aromatic heterocycles. The van der Waals surface area contributed by atoms with Gasteiger partial charge in [0.2, 0.25) is 15.9 Å². The molecule has 2 rings (SSSR count). The Morgan fingerprint density at radius 2 is 1.68 bits per heavy atom. The Morgan fingerprint density at radius 3 is 2.21 bits per heavy atom. The van der Waals surface area contributed by atoms with Crippen molar-refractivity contribution in [3.8, 4) is 11.5 Å². The number of halogens is 1. The van der Waals surface area contributed by atoms with Gasteiger partial charge in [-0.1, -0.05) is 41.9 Å². The molecule has 0 N–H and O–H groups in total. The van der Waals surface area contributed by atoms with Crippen LogP contribution in [-0.4, -0.2) is 53.3 Å². The molecule has 0 radical (unpaired) electrons. The Labute approximate surface area is 170 Å². The van der Waals surface area contributed by atoms with E-state index >= 15 is 0 Å². The van der Waals surface area contributed by atoms with Gasteiger partial charge in [0.25, 0.3) is 0 Å². The van der Waals surface area contributed by atoms with Gasteiger partial charge in [-0.3, -0.25) is 9.10 Å². The van der Waals surface area contributed by atoms with Crippen molar-refractivity contribution in [3.05, 3.63) is 53.1 Å². The zero-order valence-corrected chi connectivity index (χ0v) is 17.7. The number of carbonyl (C=O) groups is 1. The fraction of sp³-hybridized carbons (Fsp3) is 0.316. The molecule has 0 saturated carbocycles. The number of hydrogen-bond acceptors (Lipinski definition) is 5. The number of likely N-dealkylation sites (N-methyl/N-ethyl adjacent to an activating group) is 1. The quantitative estimate of drug-likeness (QED) is 0.648. The third kappa shape index (κ3) is 5.30. The molecule has 0 aliphatic heterocycles. The largest absolute Gasteiger partial charge is 0.495 e. The molecule has 0 heterocycles. The highest BCUT2D eigenvalue weighted by molar-refractivity contribution is 7.92. The first-order valence-corrected chi connectivity index (χ1v) is 10.6. The summed E-state index contributed by atoms with van der Waals surface area (Å²) in [5.41, 5.74) is 1.11. The number of nitrogens with zero attached hydrogens (tertiary/aromatic N) is 2. The fourth-order valence-corrected chi connectivity index (χ4v) is 3.69. The van der Waals surface area contributed by atoms with E-state index < -0.39 is 10.0 Å². The monoisotopic (exact) mass is 426 g/mol. The average Bonchev–Trinajstić information content (AvgIpc) is 2.65. The molecule has 9 heteroatoms. The molecule has 2 aromatic carbocycles. The van der Waals surface area contributed by atoms with Gasteiger partial charge >= 0.3 is 0 Å². The van der Waals surface area contributed by atoms with E-state index in [-0.39, 0.29) is 34.7 Å². The topological polar surface area (TPSA) is 76.2 Å². The van der Waals surface area contributed by atoms with E-state index in [1.54, 1.807) is 7.05 Å². The van der Waals surface area contributed by atoms with Crippen molar-refractivity contribution in [2.45, 2.75) is 6.54 Å². The van der Waals surface area contributed by atoms with Gasteiger partial charge < -0.3 is 14.4 Å². The highest BCUT2D eigenvalue weighted by atomic mass is 35.5. The molecule has 0 unspecified atom stereocenters. The Bertz CT molecular complexity index is 935. The van der Waals surface area contributed by atoms with Crippen molar-refractivity contribution in [2.75, 3.05) is 38.4 Å². The second kappa shape index (κ2) is 9.16. The molecular weight excluding hydrogens is 404 g/mol. The van der Waals surface area contributed by atoms with Crippen molar-refractivity contribution >= 4 is 33.2 Å². The number of methoxy groups -OCH3 is 2. The average molecular weight is 427 g/mol. The van der Waals surface area contributed by atoms with E-state index in [0.717, 1.165) is 16.1 Å². The number of anilines is 1. The standard InChI is InChI=1S/C19H23ClN2O5S/c1-21(12-14-8-6-5-7-9-14)19(23)13-22(28(4,24)25)16-11-17(26-2)15(20)10-18(16)27-3/h5-11H,12-13H2,1-4H3. The number of amides is 1. The molecule has 0 spiro atoms. The number of rotatable bonds is 8. The van der Waals surface area contributed by atoms with Crippen LogP contribution >= 0.6 is 11.6 Å². The number of hydrogen-bond donors (Lipinski definition) is 0. The Balaban J connectivity index is 2.34. The van der Waals surface area contributed by atoms with E-state index in [4.69, 9.17) is 21.1 Å². The van der Waals surface area contributed by atoms with Crippen LogP contribution in [0.5, 0.6) is 11.5 Å². The molecule has 2 aromatic rings. The fourth-order valence-electron chi connectivity index (χ4n) is 2.61. The zero-order chi connectivity index (χ0) is 20.9. The third-order valence-electron chi connectivity index (χ3n) is 4.09. The predicted octanol–water partition coefficient (Wildman–Crippen LogP) is 2.78. The van der Waals surface area contributed by atoms with Crippen LogP contribution in [-0.2, 0) is 21.4 Å². The summed E-state index contributed by atoms with van der Waals surface area (Å²) < 4.78 is 36.3. The van der Waals surface area contributed by atoms with Crippen molar-refractivity contribution in [1.29, 1.82) is 0 Å². The maximum Gasteiger partial charge on any atom is 0.243 e. The first-order chi connectivity index (χ1) is 13.2. The molecule has 152 valence electrons. The van der Waals surface area contributed by atoms with Crippen LogP contribution in [0.2, 0.25) is 5.02 Å². The van der Waals surface area contributed by atoms with Crippen LogP contribution in [0.3, 0.4) is 0 Å². The summed E-state index contributed by atoms with van der Waals surface area (Å²) in [6.07, 6.45) is 1.03. The smallest absolute Gasteiger partial charge is 0.243 e. The lowest BCUT2D eigenvalue weighted by atomic mass is 10.2. The number of benzene rings is 2. The van der Waals surface area contributed by atoms with Gasteiger partial charge in [0, 0.05) is 25.7 Å². The molecule has 0 aliphatic carbocycles. The molecular formula is C19H23ClN2O5S. The number of ether oxygens (including phenoxy) is 2. The van der Waals surface area contributed by atoms with Gasteiger partial charge in [-0.05, 0) is 5.56 Å².